The number of benzene rings is 2. The molecule has 0 radical (unpaired) electrons. The smallest absolute Gasteiger partial charge is 0.0670 e. The number of nitrogens with zero attached hydrogens (tertiary/aromatic N) is 1. The molecule has 1 heterocycles. The van der Waals surface area contributed by atoms with E-state index in [0.717, 1.165) is 26.8 Å². The minimum Gasteiger partial charge on any atom is -0.397 e. The second kappa shape index (κ2) is 4.34. The highest BCUT2D eigenvalue weighted by atomic mass is 79.9. The van der Waals surface area contributed by atoms with Gasteiger partial charge >= 0.3 is 0 Å². The van der Waals surface area contributed by atoms with Crippen molar-refractivity contribution in [3.05, 3.63) is 47.1 Å². The van der Waals surface area contributed by atoms with Crippen LogP contribution in [0.15, 0.2) is 47.1 Å². The van der Waals surface area contributed by atoms with E-state index in [1.807, 2.05) is 36.4 Å². The van der Waals surface area contributed by atoms with Gasteiger partial charge in [-0.1, -0.05) is 15.9 Å². The summed E-state index contributed by atoms with van der Waals surface area (Å²) in [7, 11) is 0. The zero-order valence-electron chi connectivity index (χ0n) is 9.44. The van der Waals surface area contributed by atoms with E-state index >= 15 is 0 Å². The molecule has 4 N–H and O–H groups in total. The Balaban J connectivity index is 1.97. The van der Waals surface area contributed by atoms with E-state index in [1.165, 1.54) is 0 Å². The summed E-state index contributed by atoms with van der Waals surface area (Å²) in [5.41, 5.74) is 9.48. The van der Waals surface area contributed by atoms with Crippen molar-refractivity contribution >= 4 is 43.9 Å². The quantitative estimate of drug-likeness (QED) is 0.633. The predicted molar refractivity (Wildman–Crippen MR) is 77.9 cm³/mol. The SMILES string of the molecule is Nc1ccc(Br)cc1Nc1ccc2cn[nH]c2c1. The summed E-state index contributed by atoms with van der Waals surface area (Å²) in [5, 5.41) is 11.3. The van der Waals surface area contributed by atoms with Gasteiger partial charge in [-0.15, -0.1) is 0 Å². The number of hydrogen-bond donors (Lipinski definition) is 3. The Hall–Kier alpha value is -2.01. The molecule has 4 nitrogen and oxygen atoms in total. The lowest BCUT2D eigenvalue weighted by molar-refractivity contribution is 1.12. The van der Waals surface area contributed by atoms with Crippen LogP contribution >= 0.6 is 15.9 Å². The summed E-state index contributed by atoms with van der Waals surface area (Å²) in [4.78, 5) is 0. The summed E-state index contributed by atoms with van der Waals surface area (Å²) in [6.07, 6.45) is 1.80. The first-order valence-electron chi connectivity index (χ1n) is 5.47. The van der Waals surface area contributed by atoms with Crippen LogP contribution in [0.2, 0.25) is 0 Å². The lowest BCUT2D eigenvalue weighted by atomic mass is 10.2. The number of aromatic amines is 1. The molecule has 5 heteroatoms. The van der Waals surface area contributed by atoms with Gasteiger partial charge in [0.1, 0.15) is 0 Å². The van der Waals surface area contributed by atoms with Gasteiger partial charge in [0, 0.05) is 15.5 Å². The van der Waals surface area contributed by atoms with Crippen LogP contribution in [0.1, 0.15) is 0 Å². The van der Waals surface area contributed by atoms with Gasteiger partial charge in [0.15, 0.2) is 0 Å². The molecule has 1 aromatic heterocycles. The number of halogens is 1. The van der Waals surface area contributed by atoms with Crippen LogP contribution in [0.3, 0.4) is 0 Å². The third-order valence-corrected chi connectivity index (χ3v) is 3.23. The summed E-state index contributed by atoms with van der Waals surface area (Å²) in [6, 6.07) is 11.7. The molecule has 0 saturated heterocycles. The topological polar surface area (TPSA) is 66.7 Å². The molecule has 0 saturated carbocycles. The molecule has 2 aromatic carbocycles. The van der Waals surface area contributed by atoms with Gasteiger partial charge < -0.3 is 11.1 Å². The predicted octanol–water partition coefficient (Wildman–Crippen LogP) is 3.65. The van der Waals surface area contributed by atoms with Crippen LogP contribution in [0.5, 0.6) is 0 Å². The van der Waals surface area contributed by atoms with Gasteiger partial charge in [0.05, 0.1) is 23.1 Å². The maximum atomic E-state index is 5.93. The molecular weight excluding hydrogens is 292 g/mol. The van der Waals surface area contributed by atoms with Gasteiger partial charge in [-0.25, -0.2) is 0 Å². The fraction of sp³-hybridized carbons (Fsp3) is 0. The molecule has 0 spiro atoms. The van der Waals surface area contributed by atoms with Crippen molar-refractivity contribution in [1.82, 2.24) is 10.2 Å². The van der Waals surface area contributed by atoms with Gasteiger partial charge in [-0.3, -0.25) is 5.10 Å². The monoisotopic (exact) mass is 302 g/mol. The van der Waals surface area contributed by atoms with Crippen molar-refractivity contribution in [2.24, 2.45) is 0 Å². The van der Waals surface area contributed by atoms with Crippen molar-refractivity contribution in [1.29, 1.82) is 0 Å². The molecule has 0 aliphatic heterocycles. The maximum Gasteiger partial charge on any atom is 0.0670 e. The Bertz CT molecular complexity index is 705. The third-order valence-electron chi connectivity index (χ3n) is 2.74. The maximum absolute atomic E-state index is 5.93. The van der Waals surface area contributed by atoms with Crippen molar-refractivity contribution in [2.45, 2.75) is 0 Å². The number of nitrogen functional groups attached to an aromatic ring is 1. The minimum atomic E-state index is 0.711. The minimum absolute atomic E-state index is 0.711. The molecule has 90 valence electrons. The third kappa shape index (κ3) is 2.04. The summed E-state index contributed by atoms with van der Waals surface area (Å²) in [5.74, 6) is 0. The van der Waals surface area contributed by atoms with Gasteiger partial charge in [0.25, 0.3) is 0 Å². The highest BCUT2D eigenvalue weighted by Gasteiger charge is 2.02. The molecule has 3 aromatic rings. The highest BCUT2D eigenvalue weighted by Crippen LogP contribution is 2.27. The molecular formula is C13H11BrN4. The van der Waals surface area contributed by atoms with Crippen molar-refractivity contribution in [3.63, 3.8) is 0 Å². The first kappa shape index (κ1) is 11.1. The average molecular weight is 303 g/mol. The summed E-state index contributed by atoms with van der Waals surface area (Å²) in [6.45, 7) is 0. The van der Waals surface area contributed by atoms with E-state index in [2.05, 4.69) is 31.4 Å². The molecule has 3 rings (SSSR count). The Morgan fingerprint density at radius 1 is 1.17 bits per heavy atom. The van der Waals surface area contributed by atoms with Crippen LogP contribution in [-0.2, 0) is 0 Å². The zero-order chi connectivity index (χ0) is 12.5. The van der Waals surface area contributed by atoms with Crippen molar-refractivity contribution in [2.75, 3.05) is 11.1 Å². The molecule has 0 amide bonds. The Morgan fingerprint density at radius 3 is 2.94 bits per heavy atom. The van der Waals surface area contributed by atoms with E-state index < -0.39 is 0 Å². The fourth-order valence-corrected chi connectivity index (χ4v) is 2.17. The molecule has 0 unspecified atom stereocenters. The van der Waals surface area contributed by atoms with Gasteiger partial charge in [-0.05, 0) is 36.4 Å². The normalized spacial score (nSPS) is 10.7. The number of hydrogen-bond acceptors (Lipinski definition) is 3. The lowest BCUT2D eigenvalue weighted by Crippen LogP contribution is -1.96. The number of aromatic nitrogens is 2. The Morgan fingerprint density at radius 2 is 2.06 bits per heavy atom. The highest BCUT2D eigenvalue weighted by molar-refractivity contribution is 9.10. The first-order valence-corrected chi connectivity index (χ1v) is 6.27. The molecule has 0 bridgehead atoms. The van der Waals surface area contributed by atoms with Crippen LogP contribution in [0, 0.1) is 0 Å². The second-order valence-corrected chi connectivity index (χ2v) is 4.94. The fourth-order valence-electron chi connectivity index (χ4n) is 1.81. The Labute approximate surface area is 112 Å². The van der Waals surface area contributed by atoms with Crippen LogP contribution in [0.4, 0.5) is 17.1 Å². The number of rotatable bonds is 2. The Kier molecular flexibility index (Phi) is 2.68. The number of anilines is 3. The van der Waals surface area contributed by atoms with Gasteiger partial charge in [0.2, 0.25) is 0 Å². The molecule has 0 aliphatic carbocycles. The van der Waals surface area contributed by atoms with E-state index in [9.17, 15) is 0 Å². The molecule has 0 atom stereocenters. The van der Waals surface area contributed by atoms with Crippen LogP contribution in [0.25, 0.3) is 10.9 Å². The first-order chi connectivity index (χ1) is 8.72. The number of nitrogens with one attached hydrogen (secondary N) is 2. The van der Waals surface area contributed by atoms with Crippen LogP contribution in [-0.4, -0.2) is 10.2 Å². The second-order valence-electron chi connectivity index (χ2n) is 4.03. The van der Waals surface area contributed by atoms with Crippen LogP contribution < -0.4 is 11.1 Å². The lowest BCUT2D eigenvalue weighted by Gasteiger charge is -2.09. The van der Waals surface area contributed by atoms with E-state index in [1.54, 1.807) is 6.20 Å². The van der Waals surface area contributed by atoms with Gasteiger partial charge in [-0.2, -0.15) is 5.10 Å². The van der Waals surface area contributed by atoms with E-state index in [4.69, 9.17) is 5.73 Å². The standard InChI is InChI=1S/C13H11BrN4/c14-9-2-4-11(15)13(5-9)17-10-3-1-8-7-16-18-12(8)6-10/h1-7,17H,15H2,(H,16,18). The molecule has 0 fully saturated rings. The summed E-state index contributed by atoms with van der Waals surface area (Å²) >= 11 is 3.43. The summed E-state index contributed by atoms with van der Waals surface area (Å²) < 4.78 is 0.988. The van der Waals surface area contributed by atoms with E-state index in [-0.39, 0.29) is 0 Å². The average Bonchev–Trinajstić information content (AvgIpc) is 2.81. The van der Waals surface area contributed by atoms with E-state index in [0.29, 0.717) is 5.69 Å². The molecule has 0 aliphatic rings. The number of nitrogens with two attached hydrogens (primary N) is 1. The zero-order valence-corrected chi connectivity index (χ0v) is 11.0. The largest absolute Gasteiger partial charge is 0.397 e. The number of H-pyrrole nitrogens is 1. The number of fused-ring (bicyclic) bond motifs is 1. The van der Waals surface area contributed by atoms with Crippen molar-refractivity contribution in [3.8, 4) is 0 Å². The molecule has 18 heavy (non-hydrogen) atoms. The van der Waals surface area contributed by atoms with Crippen molar-refractivity contribution < 1.29 is 0 Å².